The van der Waals surface area contributed by atoms with Gasteiger partial charge in [-0.25, -0.2) is 0 Å². The van der Waals surface area contributed by atoms with Gasteiger partial charge in [0.2, 0.25) is 5.91 Å². The molecule has 3 rings (SSSR count). The molecule has 1 aliphatic carbocycles. The van der Waals surface area contributed by atoms with Crippen molar-refractivity contribution in [3.8, 4) is 0 Å². The third-order valence-electron chi connectivity index (χ3n) is 6.25. The molecule has 7 heteroatoms. The van der Waals surface area contributed by atoms with Gasteiger partial charge in [0.1, 0.15) is 0 Å². The number of hydrogen-bond acceptors (Lipinski definition) is 4. The highest BCUT2D eigenvalue weighted by atomic mass is 32.1. The summed E-state index contributed by atoms with van der Waals surface area (Å²) in [6.07, 6.45) is 8.58. The zero-order valence-electron chi connectivity index (χ0n) is 17.3. The van der Waals surface area contributed by atoms with E-state index in [0.29, 0.717) is 12.6 Å². The Hall–Kier alpha value is -1.60. The number of hydrogen-bond donors (Lipinski definition) is 3. The molecule has 0 bridgehead atoms. The van der Waals surface area contributed by atoms with Crippen LogP contribution in [-0.4, -0.2) is 63.1 Å². The first-order chi connectivity index (χ1) is 13.6. The van der Waals surface area contributed by atoms with E-state index in [2.05, 4.69) is 43.4 Å². The van der Waals surface area contributed by atoms with E-state index in [-0.39, 0.29) is 11.3 Å². The molecule has 156 valence electrons. The maximum atomic E-state index is 11.6. The molecule has 1 saturated heterocycles. The van der Waals surface area contributed by atoms with Crippen molar-refractivity contribution in [3.05, 3.63) is 22.4 Å². The van der Waals surface area contributed by atoms with Gasteiger partial charge >= 0.3 is 0 Å². The summed E-state index contributed by atoms with van der Waals surface area (Å²) in [6.45, 7) is 3.34. The van der Waals surface area contributed by atoms with E-state index in [4.69, 9.17) is 0 Å². The average Bonchev–Trinajstić information content (AvgIpc) is 3.28. The molecule has 6 nitrogen and oxygen atoms in total. The second-order valence-electron chi connectivity index (χ2n) is 8.11. The molecule has 0 radical (unpaired) electrons. The van der Waals surface area contributed by atoms with Gasteiger partial charge in [0.25, 0.3) is 0 Å². The normalized spacial score (nSPS) is 21.3. The molecule has 0 unspecified atom stereocenters. The number of piperidine rings is 1. The molecule has 1 aliphatic heterocycles. The highest BCUT2D eigenvalue weighted by Crippen LogP contribution is 2.41. The lowest BCUT2D eigenvalue weighted by Gasteiger charge is -2.38. The van der Waals surface area contributed by atoms with Gasteiger partial charge in [0.15, 0.2) is 5.96 Å². The first kappa shape index (κ1) is 21.1. The first-order valence-electron chi connectivity index (χ1n) is 10.6. The van der Waals surface area contributed by atoms with E-state index in [1.54, 1.807) is 7.05 Å². The molecule has 2 aliphatic rings. The van der Waals surface area contributed by atoms with Crippen molar-refractivity contribution in [1.29, 1.82) is 0 Å². The number of thiophene rings is 1. The summed E-state index contributed by atoms with van der Waals surface area (Å²) in [6, 6.07) is 4.89. The van der Waals surface area contributed by atoms with Crippen LogP contribution in [0.15, 0.2) is 22.5 Å². The van der Waals surface area contributed by atoms with Crippen molar-refractivity contribution < 1.29 is 4.79 Å². The first-order valence-corrected chi connectivity index (χ1v) is 11.5. The minimum absolute atomic E-state index is 0.0928. The Balaban J connectivity index is 1.50. The number of likely N-dealkylation sites (tertiary alicyclic amines) is 1. The minimum Gasteiger partial charge on any atom is -0.358 e. The molecule has 28 heavy (non-hydrogen) atoms. The largest absolute Gasteiger partial charge is 0.358 e. The molecule has 0 spiro atoms. The van der Waals surface area contributed by atoms with Crippen molar-refractivity contribution in [1.82, 2.24) is 20.9 Å². The summed E-state index contributed by atoms with van der Waals surface area (Å²) in [7, 11) is 3.55. The zero-order chi connectivity index (χ0) is 19.8. The van der Waals surface area contributed by atoms with Crippen LogP contribution < -0.4 is 16.0 Å². The van der Waals surface area contributed by atoms with Crippen LogP contribution >= 0.6 is 11.3 Å². The Labute approximate surface area is 173 Å². The predicted octanol–water partition coefficient (Wildman–Crippen LogP) is 2.33. The molecule has 2 heterocycles. The third kappa shape index (κ3) is 5.47. The summed E-state index contributed by atoms with van der Waals surface area (Å²) in [4.78, 5) is 19.8. The molecule has 1 saturated carbocycles. The van der Waals surface area contributed by atoms with E-state index in [0.717, 1.165) is 38.4 Å². The van der Waals surface area contributed by atoms with Crippen LogP contribution in [0.4, 0.5) is 0 Å². The lowest BCUT2D eigenvalue weighted by molar-refractivity contribution is -0.122. The highest BCUT2D eigenvalue weighted by Gasteiger charge is 2.35. The standard InChI is InChI=1S/C21H35N5OS/c1-22-19(27)15-26-12-8-17(9-13-26)25-20(23-2)24-16-21(10-4-3-5-11-21)18-7-6-14-28-18/h6-7,14,17H,3-5,8-13,15-16H2,1-2H3,(H,22,27)(H2,23,24,25). The van der Waals surface area contributed by atoms with E-state index in [9.17, 15) is 4.79 Å². The number of carbonyl (C=O) groups is 1. The number of nitrogens with one attached hydrogen (secondary N) is 3. The number of guanidine groups is 1. The van der Waals surface area contributed by atoms with Gasteiger partial charge in [-0.3, -0.25) is 14.7 Å². The number of amides is 1. The molecule has 1 amide bonds. The van der Waals surface area contributed by atoms with Crippen molar-refractivity contribution in [2.75, 3.05) is 40.3 Å². The van der Waals surface area contributed by atoms with Crippen LogP contribution in [-0.2, 0) is 10.2 Å². The van der Waals surface area contributed by atoms with Gasteiger partial charge in [0, 0.05) is 50.1 Å². The second kappa shape index (κ2) is 10.3. The van der Waals surface area contributed by atoms with E-state index in [1.807, 2.05) is 18.4 Å². The van der Waals surface area contributed by atoms with E-state index < -0.39 is 0 Å². The lowest BCUT2D eigenvalue weighted by atomic mass is 9.73. The number of aliphatic imine (C=N–C) groups is 1. The molecule has 1 aromatic heterocycles. The van der Waals surface area contributed by atoms with E-state index >= 15 is 0 Å². The van der Waals surface area contributed by atoms with Gasteiger partial charge < -0.3 is 16.0 Å². The van der Waals surface area contributed by atoms with Gasteiger partial charge in [0.05, 0.1) is 6.54 Å². The fraction of sp³-hybridized carbons (Fsp3) is 0.714. The SMILES string of the molecule is CN=C(NCC1(c2cccs2)CCCCC1)NC1CCN(CC(=O)NC)CC1. The van der Waals surface area contributed by atoms with Crippen LogP contribution in [0, 0.1) is 0 Å². The molecule has 3 N–H and O–H groups in total. The maximum Gasteiger partial charge on any atom is 0.233 e. The molecular weight excluding hydrogens is 370 g/mol. The number of carbonyl (C=O) groups excluding carboxylic acids is 1. The number of nitrogens with zero attached hydrogens (tertiary/aromatic N) is 2. The summed E-state index contributed by atoms with van der Waals surface area (Å²) < 4.78 is 0. The molecule has 1 aromatic rings. The van der Waals surface area contributed by atoms with Crippen LogP contribution in [0.1, 0.15) is 49.8 Å². The van der Waals surface area contributed by atoms with Gasteiger partial charge in [-0.2, -0.15) is 0 Å². The van der Waals surface area contributed by atoms with Crippen LogP contribution in [0.25, 0.3) is 0 Å². The average molecular weight is 406 g/mol. The highest BCUT2D eigenvalue weighted by molar-refractivity contribution is 7.10. The zero-order valence-corrected chi connectivity index (χ0v) is 18.1. The lowest BCUT2D eigenvalue weighted by Crippen LogP contribution is -2.52. The monoisotopic (exact) mass is 405 g/mol. The van der Waals surface area contributed by atoms with Crippen LogP contribution in [0.5, 0.6) is 0 Å². The summed E-state index contributed by atoms with van der Waals surface area (Å²) >= 11 is 1.89. The van der Waals surface area contributed by atoms with Crippen molar-refractivity contribution in [3.63, 3.8) is 0 Å². The Bertz CT molecular complexity index is 631. The van der Waals surface area contributed by atoms with Gasteiger partial charge in [-0.05, 0) is 37.1 Å². The Morgan fingerprint density at radius 2 is 2.04 bits per heavy atom. The number of likely N-dealkylation sites (N-methyl/N-ethyl adjacent to an activating group) is 1. The Kier molecular flexibility index (Phi) is 7.73. The number of rotatable bonds is 6. The summed E-state index contributed by atoms with van der Waals surface area (Å²) in [5, 5.41) is 12.1. The second-order valence-corrected chi connectivity index (χ2v) is 9.06. The van der Waals surface area contributed by atoms with Gasteiger partial charge in [-0.15, -0.1) is 11.3 Å². The minimum atomic E-state index is 0.0928. The van der Waals surface area contributed by atoms with Crippen molar-refractivity contribution in [2.45, 2.75) is 56.4 Å². The molecular formula is C21H35N5OS. The topological polar surface area (TPSA) is 68.8 Å². The van der Waals surface area contributed by atoms with Crippen molar-refractivity contribution in [2.24, 2.45) is 4.99 Å². The predicted molar refractivity (Wildman–Crippen MR) is 117 cm³/mol. The molecule has 2 fully saturated rings. The molecule has 0 aromatic carbocycles. The van der Waals surface area contributed by atoms with E-state index in [1.165, 1.54) is 37.0 Å². The summed E-state index contributed by atoms with van der Waals surface area (Å²) in [5.41, 5.74) is 0.251. The maximum absolute atomic E-state index is 11.6. The van der Waals surface area contributed by atoms with Gasteiger partial charge in [-0.1, -0.05) is 25.3 Å². The quantitative estimate of drug-likeness (QED) is 0.502. The fourth-order valence-electron chi connectivity index (χ4n) is 4.48. The van der Waals surface area contributed by atoms with Crippen LogP contribution in [0.3, 0.4) is 0 Å². The molecule has 0 atom stereocenters. The van der Waals surface area contributed by atoms with Crippen LogP contribution in [0.2, 0.25) is 0 Å². The summed E-state index contributed by atoms with van der Waals surface area (Å²) in [5.74, 6) is 1.00. The Morgan fingerprint density at radius 1 is 1.29 bits per heavy atom. The third-order valence-corrected chi connectivity index (χ3v) is 7.36. The Morgan fingerprint density at radius 3 is 2.64 bits per heavy atom. The van der Waals surface area contributed by atoms with Crippen molar-refractivity contribution >= 4 is 23.2 Å². The smallest absolute Gasteiger partial charge is 0.233 e. The fourth-order valence-corrected chi connectivity index (χ4v) is 5.46.